The van der Waals surface area contributed by atoms with Crippen molar-refractivity contribution in [2.75, 3.05) is 26.2 Å². The van der Waals surface area contributed by atoms with Gasteiger partial charge in [0.25, 0.3) is 0 Å². The smallest absolute Gasteiger partial charge is 0.0931 e. The lowest BCUT2D eigenvalue weighted by atomic mass is 10.3. The monoisotopic (exact) mass is 216 g/mol. The van der Waals surface area contributed by atoms with Gasteiger partial charge >= 0.3 is 0 Å². The molecule has 13 heavy (non-hydrogen) atoms. The highest BCUT2D eigenvalue weighted by Gasteiger charge is 2.10. The fraction of sp³-hybridized carbons (Fsp3) is 0.556. The van der Waals surface area contributed by atoms with Crippen molar-refractivity contribution in [3.05, 3.63) is 21.3 Å². The lowest BCUT2D eigenvalue weighted by molar-refractivity contribution is 0.235. The summed E-state index contributed by atoms with van der Waals surface area (Å²) in [7, 11) is 0. The van der Waals surface area contributed by atoms with Crippen LogP contribution in [0.15, 0.2) is 12.1 Å². The lowest BCUT2D eigenvalue weighted by Gasteiger charge is -2.26. The van der Waals surface area contributed by atoms with Gasteiger partial charge in [-0.05, 0) is 12.1 Å². The Balaban J connectivity index is 1.89. The van der Waals surface area contributed by atoms with Gasteiger partial charge in [-0.25, -0.2) is 0 Å². The molecule has 1 aromatic heterocycles. The van der Waals surface area contributed by atoms with Gasteiger partial charge in [-0.2, -0.15) is 0 Å². The van der Waals surface area contributed by atoms with Crippen molar-refractivity contribution in [1.29, 1.82) is 0 Å². The number of thiophene rings is 1. The molecule has 0 spiro atoms. The van der Waals surface area contributed by atoms with E-state index in [0.717, 1.165) is 37.1 Å². The third-order valence-electron chi connectivity index (χ3n) is 2.22. The van der Waals surface area contributed by atoms with Crippen LogP contribution >= 0.6 is 22.9 Å². The average molecular weight is 217 g/mol. The van der Waals surface area contributed by atoms with Gasteiger partial charge in [-0.3, -0.25) is 4.90 Å². The molecule has 0 atom stereocenters. The standard InChI is InChI=1S/C9H13ClN2S/c10-9-2-1-8(13-9)7-12-5-3-11-4-6-12/h1-2,11H,3-7H2. The predicted octanol–water partition coefficient (Wildman–Crippen LogP) is 1.81. The van der Waals surface area contributed by atoms with Crippen LogP contribution < -0.4 is 5.32 Å². The highest BCUT2D eigenvalue weighted by atomic mass is 35.5. The van der Waals surface area contributed by atoms with Crippen LogP contribution in [0.4, 0.5) is 0 Å². The van der Waals surface area contributed by atoms with Gasteiger partial charge in [0.1, 0.15) is 0 Å². The van der Waals surface area contributed by atoms with Crippen LogP contribution in [0.2, 0.25) is 4.34 Å². The first kappa shape index (κ1) is 9.46. The van der Waals surface area contributed by atoms with Crippen LogP contribution in [-0.4, -0.2) is 31.1 Å². The van der Waals surface area contributed by atoms with Crippen molar-refractivity contribution in [3.63, 3.8) is 0 Å². The molecule has 0 aromatic carbocycles. The molecule has 1 aliphatic rings. The van der Waals surface area contributed by atoms with Crippen LogP contribution in [0.25, 0.3) is 0 Å². The van der Waals surface area contributed by atoms with Crippen molar-refractivity contribution in [2.24, 2.45) is 0 Å². The van der Waals surface area contributed by atoms with E-state index in [4.69, 9.17) is 11.6 Å². The van der Waals surface area contributed by atoms with E-state index in [1.54, 1.807) is 11.3 Å². The van der Waals surface area contributed by atoms with Crippen LogP contribution in [0.3, 0.4) is 0 Å². The van der Waals surface area contributed by atoms with Gasteiger partial charge in [0, 0.05) is 37.6 Å². The molecule has 0 aliphatic carbocycles. The third kappa shape index (κ3) is 2.68. The molecular weight excluding hydrogens is 204 g/mol. The quantitative estimate of drug-likeness (QED) is 0.811. The van der Waals surface area contributed by atoms with Gasteiger partial charge in [-0.1, -0.05) is 11.6 Å². The fourth-order valence-electron chi connectivity index (χ4n) is 1.53. The van der Waals surface area contributed by atoms with E-state index < -0.39 is 0 Å². The molecule has 0 saturated carbocycles. The van der Waals surface area contributed by atoms with Crippen LogP contribution in [0, 0.1) is 0 Å². The summed E-state index contributed by atoms with van der Waals surface area (Å²) in [5.74, 6) is 0. The minimum atomic E-state index is 0.894. The topological polar surface area (TPSA) is 15.3 Å². The maximum absolute atomic E-state index is 5.87. The summed E-state index contributed by atoms with van der Waals surface area (Å²) in [5.41, 5.74) is 0. The van der Waals surface area contributed by atoms with Gasteiger partial charge < -0.3 is 5.32 Å². The van der Waals surface area contributed by atoms with Crippen LogP contribution in [-0.2, 0) is 6.54 Å². The largest absolute Gasteiger partial charge is 0.314 e. The maximum atomic E-state index is 5.87. The molecule has 2 rings (SSSR count). The Labute approximate surface area is 87.5 Å². The Bertz CT molecular complexity index is 268. The zero-order valence-electron chi connectivity index (χ0n) is 7.42. The molecular formula is C9H13ClN2S. The van der Waals surface area contributed by atoms with Crippen LogP contribution in [0.5, 0.6) is 0 Å². The second-order valence-electron chi connectivity index (χ2n) is 3.23. The number of halogens is 1. The summed E-state index contributed by atoms with van der Waals surface area (Å²) < 4.78 is 0.894. The van der Waals surface area contributed by atoms with Crippen molar-refractivity contribution in [3.8, 4) is 0 Å². The number of hydrogen-bond acceptors (Lipinski definition) is 3. The highest BCUT2D eigenvalue weighted by molar-refractivity contribution is 7.16. The van der Waals surface area contributed by atoms with E-state index >= 15 is 0 Å². The average Bonchev–Trinajstić information content (AvgIpc) is 2.53. The zero-order chi connectivity index (χ0) is 9.10. The first-order chi connectivity index (χ1) is 6.34. The minimum absolute atomic E-state index is 0.894. The SMILES string of the molecule is Clc1ccc(CN2CCNCC2)s1. The molecule has 2 heterocycles. The molecule has 0 amide bonds. The number of nitrogens with zero attached hydrogens (tertiary/aromatic N) is 1. The first-order valence-electron chi connectivity index (χ1n) is 4.52. The Kier molecular flexibility index (Phi) is 3.22. The molecule has 72 valence electrons. The third-order valence-corrected chi connectivity index (χ3v) is 3.43. The molecule has 0 bridgehead atoms. The van der Waals surface area contributed by atoms with E-state index in [1.165, 1.54) is 4.88 Å². The Morgan fingerprint density at radius 3 is 2.77 bits per heavy atom. The summed E-state index contributed by atoms with van der Waals surface area (Å²) in [5, 5.41) is 3.34. The Hall–Kier alpha value is -0.0900. The molecule has 1 saturated heterocycles. The van der Waals surface area contributed by atoms with Gasteiger partial charge in [-0.15, -0.1) is 11.3 Å². The number of rotatable bonds is 2. The van der Waals surface area contributed by atoms with Crippen molar-refractivity contribution >= 4 is 22.9 Å². The minimum Gasteiger partial charge on any atom is -0.314 e. The molecule has 0 radical (unpaired) electrons. The molecule has 1 aliphatic heterocycles. The summed E-state index contributed by atoms with van der Waals surface area (Å²) in [6.07, 6.45) is 0. The number of piperazine rings is 1. The lowest BCUT2D eigenvalue weighted by Crippen LogP contribution is -2.42. The van der Waals surface area contributed by atoms with E-state index in [2.05, 4.69) is 16.3 Å². The van der Waals surface area contributed by atoms with Crippen molar-refractivity contribution < 1.29 is 0 Å². The fourth-order valence-corrected chi connectivity index (χ4v) is 2.66. The van der Waals surface area contributed by atoms with Gasteiger partial charge in [0.15, 0.2) is 0 Å². The maximum Gasteiger partial charge on any atom is 0.0931 e. The van der Waals surface area contributed by atoms with E-state index in [-0.39, 0.29) is 0 Å². The summed E-state index contributed by atoms with van der Waals surface area (Å²) in [6.45, 7) is 5.57. The van der Waals surface area contributed by atoms with Crippen molar-refractivity contribution in [2.45, 2.75) is 6.54 Å². The molecule has 1 fully saturated rings. The predicted molar refractivity (Wildman–Crippen MR) is 57.5 cm³/mol. The Morgan fingerprint density at radius 1 is 1.38 bits per heavy atom. The molecule has 4 heteroatoms. The normalized spacial score (nSPS) is 19.2. The van der Waals surface area contributed by atoms with E-state index in [1.807, 2.05) is 6.07 Å². The Morgan fingerprint density at radius 2 is 2.15 bits per heavy atom. The zero-order valence-corrected chi connectivity index (χ0v) is 9.00. The number of hydrogen-bond donors (Lipinski definition) is 1. The molecule has 1 N–H and O–H groups in total. The second kappa shape index (κ2) is 4.42. The van der Waals surface area contributed by atoms with Crippen LogP contribution in [0.1, 0.15) is 4.88 Å². The first-order valence-corrected chi connectivity index (χ1v) is 5.71. The van der Waals surface area contributed by atoms with Gasteiger partial charge in [0.2, 0.25) is 0 Å². The molecule has 2 nitrogen and oxygen atoms in total. The molecule has 0 unspecified atom stereocenters. The number of nitrogens with one attached hydrogen (secondary N) is 1. The van der Waals surface area contributed by atoms with Crippen molar-refractivity contribution in [1.82, 2.24) is 10.2 Å². The van der Waals surface area contributed by atoms with Gasteiger partial charge in [0.05, 0.1) is 4.34 Å². The van der Waals surface area contributed by atoms with E-state index in [0.29, 0.717) is 0 Å². The summed E-state index contributed by atoms with van der Waals surface area (Å²) in [6, 6.07) is 4.10. The summed E-state index contributed by atoms with van der Waals surface area (Å²) in [4.78, 5) is 3.82. The summed E-state index contributed by atoms with van der Waals surface area (Å²) >= 11 is 7.55. The highest BCUT2D eigenvalue weighted by Crippen LogP contribution is 2.22. The molecule has 1 aromatic rings. The van der Waals surface area contributed by atoms with E-state index in [9.17, 15) is 0 Å². The second-order valence-corrected chi connectivity index (χ2v) is 5.03.